The highest BCUT2D eigenvalue weighted by Crippen LogP contribution is 2.11. The van der Waals surface area contributed by atoms with Crippen LogP contribution >= 0.6 is 11.3 Å². The molecule has 0 saturated carbocycles. The van der Waals surface area contributed by atoms with E-state index < -0.39 is 0 Å². The number of aryl methyl sites for hydroxylation is 1. The molecule has 2 rings (SSSR count). The Bertz CT molecular complexity index is 493. The van der Waals surface area contributed by atoms with E-state index in [2.05, 4.69) is 51.3 Å². The van der Waals surface area contributed by atoms with Gasteiger partial charge in [0.05, 0.1) is 6.54 Å². The maximum absolute atomic E-state index is 4.62. The van der Waals surface area contributed by atoms with Gasteiger partial charge in [-0.15, -0.1) is 11.3 Å². The summed E-state index contributed by atoms with van der Waals surface area (Å²) in [6, 6.07) is 0. The Balaban J connectivity index is 1.62. The molecule has 0 unspecified atom stereocenters. The molecule has 0 amide bonds. The lowest BCUT2D eigenvalue weighted by Gasteiger charge is -2.32. The first-order valence-electron chi connectivity index (χ1n) is 9.01. The predicted octanol–water partition coefficient (Wildman–Crippen LogP) is 1.53. The average molecular weight is 353 g/mol. The van der Waals surface area contributed by atoms with Crippen LogP contribution < -0.4 is 10.6 Å². The van der Waals surface area contributed by atoms with E-state index in [1.54, 1.807) is 11.3 Å². The van der Waals surface area contributed by atoms with E-state index in [0.717, 1.165) is 24.1 Å². The molecule has 0 aromatic carbocycles. The second-order valence-electron chi connectivity index (χ2n) is 6.34. The minimum Gasteiger partial charge on any atom is -0.357 e. The number of thiazole rings is 1. The number of hydrogen-bond acceptors (Lipinski definition) is 5. The fraction of sp³-hybridized carbons (Fsp3) is 0.765. The first-order valence-corrected chi connectivity index (χ1v) is 9.83. The van der Waals surface area contributed by atoms with Crippen molar-refractivity contribution in [1.29, 1.82) is 0 Å². The van der Waals surface area contributed by atoms with Gasteiger partial charge in [0.15, 0.2) is 5.96 Å². The average Bonchev–Trinajstić information content (AvgIpc) is 2.99. The van der Waals surface area contributed by atoms with Crippen molar-refractivity contribution in [2.45, 2.75) is 33.2 Å². The molecule has 7 heteroatoms. The number of likely N-dealkylation sites (N-methyl/N-ethyl adjacent to an activating group) is 1. The van der Waals surface area contributed by atoms with Gasteiger partial charge in [-0.1, -0.05) is 0 Å². The summed E-state index contributed by atoms with van der Waals surface area (Å²) in [7, 11) is 2.20. The van der Waals surface area contributed by atoms with Crippen molar-refractivity contribution in [3.63, 3.8) is 0 Å². The molecule has 0 radical (unpaired) electrons. The Morgan fingerprint density at radius 3 is 2.71 bits per heavy atom. The summed E-state index contributed by atoms with van der Waals surface area (Å²) in [5.74, 6) is 0.893. The summed E-state index contributed by atoms with van der Waals surface area (Å²) in [6.07, 6.45) is 4.32. The zero-order chi connectivity index (χ0) is 17.2. The highest BCUT2D eigenvalue weighted by atomic mass is 32.1. The number of nitrogens with zero attached hydrogens (tertiary/aromatic N) is 4. The molecule has 2 N–H and O–H groups in total. The summed E-state index contributed by atoms with van der Waals surface area (Å²) in [4.78, 5) is 15.2. The van der Waals surface area contributed by atoms with Crippen LogP contribution in [0.1, 0.15) is 29.7 Å². The van der Waals surface area contributed by atoms with Crippen LogP contribution in [0.3, 0.4) is 0 Å². The van der Waals surface area contributed by atoms with Crippen LogP contribution in [0.4, 0.5) is 0 Å². The Labute approximate surface area is 150 Å². The van der Waals surface area contributed by atoms with Crippen molar-refractivity contribution < 1.29 is 0 Å². The third kappa shape index (κ3) is 7.15. The number of unbranched alkanes of at least 4 members (excludes halogenated alkanes) is 1. The fourth-order valence-electron chi connectivity index (χ4n) is 2.70. The van der Waals surface area contributed by atoms with Gasteiger partial charge in [0.25, 0.3) is 0 Å². The van der Waals surface area contributed by atoms with Crippen molar-refractivity contribution >= 4 is 17.3 Å². The molecule has 136 valence electrons. The number of guanidine groups is 1. The van der Waals surface area contributed by atoms with E-state index in [0.29, 0.717) is 6.54 Å². The quantitative estimate of drug-likeness (QED) is 0.422. The fourth-order valence-corrected chi connectivity index (χ4v) is 3.41. The van der Waals surface area contributed by atoms with Gasteiger partial charge in [-0.3, -0.25) is 0 Å². The molecule has 0 aliphatic carbocycles. The van der Waals surface area contributed by atoms with Gasteiger partial charge in [-0.2, -0.15) is 0 Å². The first-order chi connectivity index (χ1) is 11.7. The highest BCUT2D eigenvalue weighted by molar-refractivity contribution is 7.11. The second kappa shape index (κ2) is 10.6. The molecule has 1 aromatic rings. The predicted molar refractivity (Wildman–Crippen MR) is 103 cm³/mol. The molecular weight excluding hydrogens is 320 g/mol. The SMILES string of the molecule is CCNC(=NCc1ncc(C)s1)NCCCCN1CCN(C)CC1. The molecule has 1 aliphatic heterocycles. The lowest BCUT2D eigenvalue weighted by atomic mass is 10.2. The Kier molecular flexibility index (Phi) is 8.49. The zero-order valence-electron chi connectivity index (χ0n) is 15.3. The number of rotatable bonds is 8. The Morgan fingerprint density at radius 2 is 2.04 bits per heavy atom. The summed E-state index contributed by atoms with van der Waals surface area (Å²) in [5, 5.41) is 7.81. The van der Waals surface area contributed by atoms with Crippen LogP contribution in [0, 0.1) is 6.92 Å². The summed E-state index contributed by atoms with van der Waals surface area (Å²) < 4.78 is 0. The molecule has 1 aliphatic rings. The van der Waals surface area contributed by atoms with Crippen molar-refractivity contribution in [3.05, 3.63) is 16.1 Å². The lowest BCUT2D eigenvalue weighted by Crippen LogP contribution is -2.44. The molecule has 2 heterocycles. The van der Waals surface area contributed by atoms with Crippen LogP contribution in [0.2, 0.25) is 0 Å². The van der Waals surface area contributed by atoms with Gasteiger partial charge < -0.3 is 20.4 Å². The zero-order valence-corrected chi connectivity index (χ0v) is 16.2. The van der Waals surface area contributed by atoms with Gasteiger partial charge in [-0.25, -0.2) is 9.98 Å². The summed E-state index contributed by atoms with van der Waals surface area (Å²) >= 11 is 1.71. The van der Waals surface area contributed by atoms with Gasteiger partial charge in [0, 0.05) is 50.3 Å². The van der Waals surface area contributed by atoms with E-state index in [4.69, 9.17) is 0 Å². The van der Waals surface area contributed by atoms with E-state index >= 15 is 0 Å². The summed E-state index contributed by atoms with van der Waals surface area (Å²) in [6.45, 7) is 12.7. The van der Waals surface area contributed by atoms with Crippen molar-refractivity contribution in [1.82, 2.24) is 25.4 Å². The smallest absolute Gasteiger partial charge is 0.191 e. The number of aromatic nitrogens is 1. The van der Waals surface area contributed by atoms with E-state index in [1.807, 2.05) is 6.20 Å². The van der Waals surface area contributed by atoms with Crippen LogP contribution in [-0.2, 0) is 6.54 Å². The van der Waals surface area contributed by atoms with Crippen LogP contribution in [0.5, 0.6) is 0 Å². The lowest BCUT2D eigenvalue weighted by molar-refractivity contribution is 0.152. The third-order valence-electron chi connectivity index (χ3n) is 4.18. The monoisotopic (exact) mass is 352 g/mol. The molecule has 0 spiro atoms. The largest absolute Gasteiger partial charge is 0.357 e. The van der Waals surface area contributed by atoms with Gasteiger partial charge in [-0.05, 0) is 40.3 Å². The number of piperazine rings is 1. The van der Waals surface area contributed by atoms with Gasteiger partial charge in [0.2, 0.25) is 0 Å². The molecular formula is C17H32N6S. The van der Waals surface area contributed by atoms with Crippen LogP contribution in [0.15, 0.2) is 11.2 Å². The molecule has 1 fully saturated rings. The maximum atomic E-state index is 4.62. The van der Waals surface area contributed by atoms with Crippen molar-refractivity contribution in [2.75, 3.05) is 52.9 Å². The molecule has 1 saturated heterocycles. The van der Waals surface area contributed by atoms with Crippen molar-refractivity contribution in [3.8, 4) is 0 Å². The standard InChI is InChI=1S/C17H32N6S/c1-4-18-17(21-14-16-20-13-15(2)24-16)19-7-5-6-8-23-11-9-22(3)10-12-23/h13H,4-12,14H2,1-3H3,(H2,18,19,21). The Hall–Kier alpha value is -1.18. The summed E-state index contributed by atoms with van der Waals surface area (Å²) in [5.41, 5.74) is 0. The minimum absolute atomic E-state index is 0.648. The molecule has 6 nitrogen and oxygen atoms in total. The topological polar surface area (TPSA) is 55.8 Å². The van der Waals surface area contributed by atoms with E-state index in [9.17, 15) is 0 Å². The molecule has 0 atom stereocenters. The molecule has 0 bridgehead atoms. The molecule has 1 aromatic heterocycles. The third-order valence-corrected chi connectivity index (χ3v) is 5.07. The van der Waals surface area contributed by atoms with Gasteiger partial charge >= 0.3 is 0 Å². The molecule has 24 heavy (non-hydrogen) atoms. The minimum atomic E-state index is 0.648. The van der Waals surface area contributed by atoms with E-state index in [-0.39, 0.29) is 0 Å². The number of aliphatic imine (C=N–C) groups is 1. The second-order valence-corrected chi connectivity index (χ2v) is 7.66. The maximum Gasteiger partial charge on any atom is 0.191 e. The van der Waals surface area contributed by atoms with Crippen molar-refractivity contribution in [2.24, 2.45) is 4.99 Å². The number of hydrogen-bond donors (Lipinski definition) is 2. The van der Waals surface area contributed by atoms with Gasteiger partial charge in [0.1, 0.15) is 5.01 Å². The first kappa shape index (κ1) is 19.1. The normalized spacial score (nSPS) is 17.2. The van der Waals surface area contributed by atoms with E-state index in [1.165, 1.54) is 50.4 Å². The van der Waals surface area contributed by atoms with Crippen LogP contribution in [0.25, 0.3) is 0 Å². The number of nitrogens with one attached hydrogen (secondary N) is 2. The van der Waals surface area contributed by atoms with Crippen LogP contribution in [-0.4, -0.2) is 73.6 Å². The highest BCUT2D eigenvalue weighted by Gasteiger charge is 2.12. The Morgan fingerprint density at radius 1 is 1.25 bits per heavy atom.